The molecule has 0 bridgehead atoms. The van der Waals surface area contributed by atoms with Gasteiger partial charge in [-0.3, -0.25) is 0 Å². The van der Waals surface area contributed by atoms with Gasteiger partial charge in [0.1, 0.15) is 0 Å². The molecule has 0 atom stereocenters. The zero-order valence-electron chi connectivity index (χ0n) is 10.5. The second-order valence-corrected chi connectivity index (χ2v) is 4.88. The van der Waals surface area contributed by atoms with Crippen LogP contribution in [-0.2, 0) is 0 Å². The summed E-state index contributed by atoms with van der Waals surface area (Å²) in [6.07, 6.45) is 7.18. The lowest BCUT2D eigenvalue weighted by Crippen LogP contribution is -2.15. The van der Waals surface area contributed by atoms with Crippen molar-refractivity contribution >= 4 is 6.08 Å². The van der Waals surface area contributed by atoms with Gasteiger partial charge in [0.05, 0.1) is 0 Å². The molecule has 1 saturated carbocycles. The molecule has 1 fully saturated rings. The van der Waals surface area contributed by atoms with Gasteiger partial charge in [0, 0.05) is 12.6 Å². The number of hydrogen-bond donors (Lipinski definition) is 1. The molecule has 0 unspecified atom stereocenters. The molecule has 1 aromatic rings. The van der Waals surface area contributed by atoms with E-state index in [-0.39, 0.29) is 0 Å². The highest BCUT2D eigenvalue weighted by atomic mass is 14.9. The first-order chi connectivity index (χ1) is 7.66. The van der Waals surface area contributed by atoms with Crippen LogP contribution < -0.4 is 5.32 Å². The molecule has 1 aliphatic rings. The van der Waals surface area contributed by atoms with Crippen molar-refractivity contribution in [2.24, 2.45) is 0 Å². The van der Waals surface area contributed by atoms with Gasteiger partial charge in [-0.2, -0.15) is 0 Å². The van der Waals surface area contributed by atoms with E-state index in [4.69, 9.17) is 0 Å². The molecule has 1 heteroatoms. The topological polar surface area (TPSA) is 12.0 Å². The quantitative estimate of drug-likeness (QED) is 0.812. The number of rotatable bonds is 4. The lowest BCUT2D eigenvalue weighted by Gasteiger charge is -2.06. The molecule has 16 heavy (non-hydrogen) atoms. The molecule has 1 N–H and O–H groups in total. The van der Waals surface area contributed by atoms with Crippen molar-refractivity contribution in [3.63, 3.8) is 0 Å². The van der Waals surface area contributed by atoms with Crippen molar-refractivity contribution in [3.05, 3.63) is 40.5 Å². The molecule has 86 valence electrons. The molecular weight excluding hydrogens is 194 g/mol. The Bertz CT molecular complexity index is 400. The van der Waals surface area contributed by atoms with Crippen molar-refractivity contribution in [2.45, 2.75) is 39.7 Å². The van der Waals surface area contributed by atoms with Crippen LogP contribution in [0.3, 0.4) is 0 Å². The summed E-state index contributed by atoms with van der Waals surface area (Å²) < 4.78 is 0. The summed E-state index contributed by atoms with van der Waals surface area (Å²) in [6.45, 7) is 7.52. The molecule has 1 aliphatic carbocycles. The fraction of sp³-hybridized carbons (Fsp3) is 0.467. The molecule has 0 heterocycles. The Morgan fingerprint density at radius 1 is 1.12 bits per heavy atom. The van der Waals surface area contributed by atoms with Crippen LogP contribution in [0.2, 0.25) is 0 Å². The monoisotopic (exact) mass is 215 g/mol. The third-order valence-corrected chi connectivity index (χ3v) is 3.28. The highest BCUT2D eigenvalue weighted by Gasteiger charge is 2.18. The Morgan fingerprint density at radius 3 is 2.50 bits per heavy atom. The molecule has 0 saturated heterocycles. The van der Waals surface area contributed by atoms with E-state index in [1.54, 1.807) is 0 Å². The molecule has 0 radical (unpaired) electrons. The van der Waals surface area contributed by atoms with Crippen LogP contribution >= 0.6 is 0 Å². The average molecular weight is 215 g/mol. The van der Waals surface area contributed by atoms with Crippen LogP contribution in [0.15, 0.2) is 18.2 Å². The number of aryl methyl sites for hydroxylation is 3. The lowest BCUT2D eigenvalue weighted by atomic mass is 10.0. The summed E-state index contributed by atoms with van der Waals surface area (Å²) >= 11 is 0. The van der Waals surface area contributed by atoms with E-state index in [0.717, 1.165) is 12.6 Å². The molecule has 0 aromatic heterocycles. The lowest BCUT2D eigenvalue weighted by molar-refractivity contribution is 0.754. The van der Waals surface area contributed by atoms with Gasteiger partial charge in [-0.25, -0.2) is 0 Å². The first kappa shape index (κ1) is 11.4. The zero-order chi connectivity index (χ0) is 11.5. The number of nitrogens with one attached hydrogen (secondary N) is 1. The van der Waals surface area contributed by atoms with E-state index in [1.165, 1.54) is 35.1 Å². The van der Waals surface area contributed by atoms with Gasteiger partial charge in [0.2, 0.25) is 0 Å². The minimum absolute atomic E-state index is 0.797. The van der Waals surface area contributed by atoms with Gasteiger partial charge in [0.15, 0.2) is 0 Å². The summed E-state index contributed by atoms with van der Waals surface area (Å²) in [5.74, 6) is 0. The molecule has 1 aromatic carbocycles. The number of benzene rings is 1. The van der Waals surface area contributed by atoms with Crippen LogP contribution in [0.1, 0.15) is 35.1 Å². The van der Waals surface area contributed by atoms with Crippen molar-refractivity contribution in [1.29, 1.82) is 0 Å². The van der Waals surface area contributed by atoms with E-state index in [1.807, 2.05) is 0 Å². The minimum Gasteiger partial charge on any atom is -0.311 e. The molecular formula is C15H21N. The van der Waals surface area contributed by atoms with E-state index in [9.17, 15) is 0 Å². The second kappa shape index (κ2) is 4.84. The van der Waals surface area contributed by atoms with Gasteiger partial charge in [-0.05, 0) is 55.9 Å². The Kier molecular flexibility index (Phi) is 3.45. The van der Waals surface area contributed by atoms with Crippen LogP contribution in [-0.4, -0.2) is 12.6 Å². The van der Waals surface area contributed by atoms with E-state index >= 15 is 0 Å². The Balaban J connectivity index is 1.99. The SMILES string of the molecule is Cc1cc(C)c(C=CCNC2CC2)cc1C. The maximum atomic E-state index is 3.49. The van der Waals surface area contributed by atoms with Crippen molar-refractivity contribution < 1.29 is 0 Å². The van der Waals surface area contributed by atoms with Gasteiger partial charge in [0.25, 0.3) is 0 Å². The van der Waals surface area contributed by atoms with Crippen LogP contribution in [0, 0.1) is 20.8 Å². The third kappa shape index (κ3) is 2.96. The first-order valence-corrected chi connectivity index (χ1v) is 6.14. The van der Waals surface area contributed by atoms with Crippen LogP contribution in [0.25, 0.3) is 6.08 Å². The average Bonchev–Trinajstić information content (AvgIpc) is 3.04. The molecule has 0 amide bonds. The predicted octanol–water partition coefficient (Wildman–Crippen LogP) is 3.38. The maximum Gasteiger partial charge on any atom is 0.0140 e. The van der Waals surface area contributed by atoms with Crippen molar-refractivity contribution in [1.82, 2.24) is 5.32 Å². The number of hydrogen-bond acceptors (Lipinski definition) is 1. The third-order valence-electron chi connectivity index (χ3n) is 3.28. The van der Waals surface area contributed by atoms with Gasteiger partial charge < -0.3 is 5.32 Å². The van der Waals surface area contributed by atoms with E-state index < -0.39 is 0 Å². The standard InChI is InChI=1S/C15H21N/c1-11-9-13(3)14(10-12(11)2)5-4-8-16-15-6-7-15/h4-5,9-10,15-16H,6-8H2,1-3H3. The fourth-order valence-electron chi connectivity index (χ4n) is 1.87. The predicted molar refractivity (Wildman–Crippen MR) is 70.7 cm³/mol. The highest BCUT2D eigenvalue weighted by Crippen LogP contribution is 2.19. The molecule has 0 aliphatic heterocycles. The van der Waals surface area contributed by atoms with Gasteiger partial charge in [-0.1, -0.05) is 24.3 Å². The molecule has 1 nitrogen and oxygen atoms in total. The summed E-state index contributed by atoms with van der Waals surface area (Å²) in [4.78, 5) is 0. The molecule has 2 rings (SSSR count). The Hall–Kier alpha value is -1.08. The van der Waals surface area contributed by atoms with Crippen LogP contribution in [0.4, 0.5) is 0 Å². The van der Waals surface area contributed by atoms with Crippen molar-refractivity contribution in [3.8, 4) is 0 Å². The van der Waals surface area contributed by atoms with E-state index in [2.05, 4.69) is 50.4 Å². The highest BCUT2D eigenvalue weighted by molar-refractivity contribution is 5.56. The van der Waals surface area contributed by atoms with Gasteiger partial charge >= 0.3 is 0 Å². The Labute approximate surface area is 98.6 Å². The minimum atomic E-state index is 0.797. The maximum absolute atomic E-state index is 3.49. The second-order valence-electron chi connectivity index (χ2n) is 4.88. The van der Waals surface area contributed by atoms with E-state index in [0.29, 0.717) is 0 Å². The van der Waals surface area contributed by atoms with Crippen LogP contribution in [0.5, 0.6) is 0 Å². The summed E-state index contributed by atoms with van der Waals surface area (Å²) in [5, 5.41) is 3.49. The largest absolute Gasteiger partial charge is 0.311 e. The first-order valence-electron chi connectivity index (χ1n) is 6.14. The fourth-order valence-corrected chi connectivity index (χ4v) is 1.87. The summed E-state index contributed by atoms with van der Waals surface area (Å²) in [6, 6.07) is 5.34. The van der Waals surface area contributed by atoms with Crippen molar-refractivity contribution in [2.75, 3.05) is 6.54 Å². The summed E-state index contributed by atoms with van der Waals surface area (Å²) in [7, 11) is 0. The molecule has 0 spiro atoms. The van der Waals surface area contributed by atoms with Gasteiger partial charge in [-0.15, -0.1) is 0 Å². The Morgan fingerprint density at radius 2 is 1.81 bits per heavy atom. The smallest absolute Gasteiger partial charge is 0.0140 e. The normalized spacial score (nSPS) is 15.9. The zero-order valence-corrected chi connectivity index (χ0v) is 10.5. The summed E-state index contributed by atoms with van der Waals surface area (Å²) in [5.41, 5.74) is 5.47.